The van der Waals surface area contributed by atoms with Crippen molar-refractivity contribution in [2.45, 2.75) is 18.2 Å². The van der Waals surface area contributed by atoms with E-state index in [1.165, 1.54) is 20.2 Å². The quantitative estimate of drug-likeness (QED) is 0.637. The lowest BCUT2D eigenvalue weighted by molar-refractivity contribution is -0.140. The van der Waals surface area contributed by atoms with E-state index in [0.717, 1.165) is 4.31 Å². The predicted octanol–water partition coefficient (Wildman–Crippen LogP) is 0.761. The minimum atomic E-state index is -3.65. The molecule has 1 aromatic carbocycles. The average molecular weight is 286 g/mol. The Morgan fingerprint density at radius 3 is 2.63 bits per heavy atom. The van der Waals surface area contributed by atoms with Crippen LogP contribution in [-0.4, -0.2) is 39.4 Å². The van der Waals surface area contributed by atoms with Crippen LogP contribution in [0.4, 0.5) is 5.69 Å². The van der Waals surface area contributed by atoms with Crippen molar-refractivity contribution in [1.82, 2.24) is 4.31 Å². The van der Waals surface area contributed by atoms with Crippen molar-refractivity contribution in [3.63, 3.8) is 0 Å². The molecule has 0 heterocycles. The summed E-state index contributed by atoms with van der Waals surface area (Å²) in [6.07, 6.45) is 0.00753. The second-order valence-electron chi connectivity index (χ2n) is 4.12. The van der Waals surface area contributed by atoms with E-state index >= 15 is 0 Å². The van der Waals surface area contributed by atoms with Gasteiger partial charge in [-0.05, 0) is 24.6 Å². The molecule has 0 amide bonds. The van der Waals surface area contributed by atoms with Crippen LogP contribution in [0.1, 0.15) is 12.0 Å². The molecular formula is C12H18N2O4S. The topological polar surface area (TPSA) is 89.7 Å². The number of nitrogens with zero attached hydrogens (tertiary/aromatic N) is 1. The molecule has 0 aliphatic carbocycles. The van der Waals surface area contributed by atoms with Crippen LogP contribution in [0.2, 0.25) is 0 Å². The molecule has 19 heavy (non-hydrogen) atoms. The molecular weight excluding hydrogens is 268 g/mol. The number of hydrogen-bond acceptors (Lipinski definition) is 5. The minimum Gasteiger partial charge on any atom is -0.469 e. The fraction of sp³-hybridized carbons (Fsp3) is 0.417. The molecule has 0 aromatic heterocycles. The van der Waals surface area contributed by atoms with E-state index in [-0.39, 0.29) is 17.9 Å². The van der Waals surface area contributed by atoms with Gasteiger partial charge in [-0.1, -0.05) is 6.07 Å². The summed E-state index contributed by atoms with van der Waals surface area (Å²) < 4.78 is 30.2. The van der Waals surface area contributed by atoms with Gasteiger partial charge in [-0.25, -0.2) is 12.7 Å². The summed E-state index contributed by atoms with van der Waals surface area (Å²) in [5, 5.41) is 0. The van der Waals surface area contributed by atoms with Crippen LogP contribution in [-0.2, 0) is 19.6 Å². The molecule has 6 nitrogen and oxygen atoms in total. The molecule has 0 unspecified atom stereocenters. The van der Waals surface area contributed by atoms with Gasteiger partial charge in [-0.3, -0.25) is 4.79 Å². The van der Waals surface area contributed by atoms with Gasteiger partial charge in [0.2, 0.25) is 10.0 Å². The highest BCUT2D eigenvalue weighted by Crippen LogP contribution is 2.23. The molecule has 0 fully saturated rings. The van der Waals surface area contributed by atoms with Gasteiger partial charge >= 0.3 is 5.97 Å². The number of methoxy groups -OCH3 is 1. The molecule has 1 aromatic rings. The van der Waals surface area contributed by atoms with Gasteiger partial charge in [0.25, 0.3) is 0 Å². The Morgan fingerprint density at radius 1 is 1.42 bits per heavy atom. The summed E-state index contributed by atoms with van der Waals surface area (Å²) in [5.74, 6) is -0.452. The Morgan fingerprint density at radius 2 is 2.05 bits per heavy atom. The number of carbonyl (C=O) groups is 1. The van der Waals surface area contributed by atoms with Crippen LogP contribution in [0.3, 0.4) is 0 Å². The number of hydrogen-bond donors (Lipinski definition) is 1. The molecule has 106 valence electrons. The van der Waals surface area contributed by atoms with Gasteiger partial charge in [0, 0.05) is 19.3 Å². The van der Waals surface area contributed by atoms with E-state index in [1.54, 1.807) is 19.1 Å². The minimum absolute atomic E-state index is 0.00753. The smallest absolute Gasteiger partial charge is 0.306 e. The van der Waals surface area contributed by atoms with Crippen LogP contribution in [0.15, 0.2) is 23.1 Å². The van der Waals surface area contributed by atoms with Gasteiger partial charge < -0.3 is 10.5 Å². The second-order valence-corrected chi connectivity index (χ2v) is 6.14. The first-order valence-corrected chi connectivity index (χ1v) is 7.13. The summed E-state index contributed by atoms with van der Waals surface area (Å²) in [5.41, 5.74) is 6.63. The number of esters is 1. The molecule has 0 saturated heterocycles. The summed E-state index contributed by atoms with van der Waals surface area (Å²) in [7, 11) is -0.970. The first-order chi connectivity index (χ1) is 8.80. The van der Waals surface area contributed by atoms with Crippen LogP contribution in [0.5, 0.6) is 0 Å². The van der Waals surface area contributed by atoms with Gasteiger partial charge in [0.15, 0.2) is 0 Å². The lowest BCUT2D eigenvalue weighted by Crippen LogP contribution is -2.30. The van der Waals surface area contributed by atoms with Crippen LogP contribution >= 0.6 is 0 Å². The Labute approximate surface area is 113 Å². The fourth-order valence-corrected chi connectivity index (χ4v) is 2.97. The maximum absolute atomic E-state index is 12.3. The Balaban J connectivity index is 2.97. The number of carbonyl (C=O) groups excluding carboxylic acids is 1. The third-order valence-corrected chi connectivity index (χ3v) is 4.87. The van der Waals surface area contributed by atoms with Gasteiger partial charge in [-0.2, -0.15) is 0 Å². The van der Waals surface area contributed by atoms with Crippen LogP contribution in [0, 0.1) is 6.92 Å². The second kappa shape index (κ2) is 6.03. The number of nitrogen functional groups attached to an aromatic ring is 1. The summed E-state index contributed by atoms with van der Waals surface area (Å²) in [6, 6.07) is 4.72. The number of nitrogens with two attached hydrogens (primary N) is 1. The summed E-state index contributed by atoms with van der Waals surface area (Å²) >= 11 is 0. The van der Waals surface area contributed by atoms with Gasteiger partial charge in [-0.15, -0.1) is 0 Å². The number of rotatable bonds is 5. The molecule has 2 N–H and O–H groups in total. The van der Waals surface area contributed by atoms with Crippen molar-refractivity contribution in [1.29, 1.82) is 0 Å². The van der Waals surface area contributed by atoms with E-state index in [1.807, 2.05) is 0 Å². The Hall–Kier alpha value is -1.60. The molecule has 0 saturated carbocycles. The average Bonchev–Trinajstić information content (AvgIpc) is 2.38. The number of ether oxygens (including phenoxy) is 1. The largest absolute Gasteiger partial charge is 0.469 e. The Bertz CT molecular complexity index is 569. The van der Waals surface area contributed by atoms with E-state index < -0.39 is 16.0 Å². The molecule has 1 rings (SSSR count). The van der Waals surface area contributed by atoms with Crippen molar-refractivity contribution >= 4 is 21.7 Å². The van der Waals surface area contributed by atoms with E-state index in [2.05, 4.69) is 4.74 Å². The highest BCUT2D eigenvalue weighted by atomic mass is 32.2. The molecule has 7 heteroatoms. The first kappa shape index (κ1) is 15.5. The van der Waals surface area contributed by atoms with Crippen molar-refractivity contribution in [2.75, 3.05) is 26.4 Å². The van der Waals surface area contributed by atoms with Gasteiger partial charge in [0.05, 0.1) is 18.4 Å². The Kier molecular flexibility index (Phi) is 4.90. The zero-order valence-corrected chi connectivity index (χ0v) is 12.0. The number of anilines is 1. The molecule has 0 spiro atoms. The maximum Gasteiger partial charge on any atom is 0.306 e. The summed E-state index contributed by atoms with van der Waals surface area (Å²) in [6.45, 7) is 1.71. The molecule has 0 aliphatic heterocycles. The normalized spacial score (nSPS) is 11.6. The molecule has 0 radical (unpaired) electrons. The standard InChI is InChI=1S/C12H18N2O4S/c1-9-10(13)5-4-6-11(9)19(16,17)14(2)8-7-12(15)18-3/h4-6H,7-8,13H2,1-3H3. The number of sulfonamides is 1. The van der Waals surface area contributed by atoms with Crippen molar-refractivity contribution < 1.29 is 17.9 Å². The molecule has 0 aliphatic rings. The van der Waals surface area contributed by atoms with E-state index in [9.17, 15) is 13.2 Å². The zero-order chi connectivity index (χ0) is 14.6. The highest BCUT2D eigenvalue weighted by molar-refractivity contribution is 7.89. The SMILES string of the molecule is COC(=O)CCN(C)S(=O)(=O)c1cccc(N)c1C. The van der Waals surface area contributed by atoms with Gasteiger partial charge in [0.1, 0.15) is 0 Å². The fourth-order valence-electron chi connectivity index (χ4n) is 1.55. The lowest BCUT2D eigenvalue weighted by atomic mass is 10.2. The molecule has 0 atom stereocenters. The van der Waals surface area contributed by atoms with E-state index in [4.69, 9.17) is 5.73 Å². The first-order valence-electron chi connectivity index (χ1n) is 5.69. The highest BCUT2D eigenvalue weighted by Gasteiger charge is 2.23. The van der Waals surface area contributed by atoms with E-state index in [0.29, 0.717) is 11.3 Å². The third-order valence-electron chi connectivity index (χ3n) is 2.87. The monoisotopic (exact) mass is 286 g/mol. The van der Waals surface area contributed by atoms with Crippen molar-refractivity contribution in [3.8, 4) is 0 Å². The van der Waals surface area contributed by atoms with Crippen LogP contribution < -0.4 is 5.73 Å². The van der Waals surface area contributed by atoms with Crippen molar-refractivity contribution in [2.24, 2.45) is 0 Å². The predicted molar refractivity (Wildman–Crippen MR) is 72.0 cm³/mol. The number of benzene rings is 1. The van der Waals surface area contributed by atoms with Crippen molar-refractivity contribution in [3.05, 3.63) is 23.8 Å². The lowest BCUT2D eigenvalue weighted by Gasteiger charge is -2.18. The maximum atomic E-state index is 12.3. The zero-order valence-electron chi connectivity index (χ0n) is 11.2. The van der Waals surface area contributed by atoms with Crippen LogP contribution in [0.25, 0.3) is 0 Å². The summed E-state index contributed by atoms with van der Waals surface area (Å²) in [4.78, 5) is 11.2. The third kappa shape index (κ3) is 3.45. The molecule has 0 bridgehead atoms.